The number of aromatic nitrogens is 3. The van der Waals surface area contributed by atoms with E-state index < -0.39 is 0 Å². The SMILES string of the molecule is Cc1nn(Cc2ccccc2Cl)c(C)c1/C=C/C(=O)N1CCN(c2ccccn2)CC1. The van der Waals surface area contributed by atoms with Gasteiger partial charge in [0, 0.05) is 54.7 Å². The zero-order valence-corrected chi connectivity index (χ0v) is 18.6. The Morgan fingerprint density at radius 2 is 1.81 bits per heavy atom. The molecule has 0 bridgehead atoms. The van der Waals surface area contributed by atoms with Gasteiger partial charge in [-0.2, -0.15) is 5.10 Å². The lowest BCUT2D eigenvalue weighted by Crippen LogP contribution is -2.48. The van der Waals surface area contributed by atoms with Crippen molar-refractivity contribution < 1.29 is 4.79 Å². The van der Waals surface area contributed by atoms with Crippen molar-refractivity contribution in [1.29, 1.82) is 0 Å². The molecule has 0 aliphatic carbocycles. The van der Waals surface area contributed by atoms with Gasteiger partial charge in [0.15, 0.2) is 0 Å². The Labute approximate surface area is 187 Å². The van der Waals surface area contributed by atoms with Crippen LogP contribution in [0.3, 0.4) is 0 Å². The van der Waals surface area contributed by atoms with Crippen molar-refractivity contribution in [1.82, 2.24) is 19.7 Å². The van der Waals surface area contributed by atoms with Crippen LogP contribution in [0.2, 0.25) is 5.02 Å². The maximum Gasteiger partial charge on any atom is 0.246 e. The van der Waals surface area contributed by atoms with Crippen molar-refractivity contribution in [2.75, 3.05) is 31.1 Å². The van der Waals surface area contributed by atoms with E-state index in [9.17, 15) is 4.79 Å². The molecule has 1 aliphatic heterocycles. The number of carbonyl (C=O) groups is 1. The number of pyridine rings is 1. The summed E-state index contributed by atoms with van der Waals surface area (Å²) < 4.78 is 1.94. The van der Waals surface area contributed by atoms with Crippen LogP contribution in [0.5, 0.6) is 0 Å². The molecule has 4 rings (SSSR count). The molecule has 31 heavy (non-hydrogen) atoms. The summed E-state index contributed by atoms with van der Waals surface area (Å²) >= 11 is 6.30. The molecule has 160 valence electrons. The summed E-state index contributed by atoms with van der Waals surface area (Å²) in [4.78, 5) is 21.2. The molecule has 1 saturated heterocycles. The van der Waals surface area contributed by atoms with Crippen LogP contribution < -0.4 is 4.90 Å². The number of halogens is 1. The van der Waals surface area contributed by atoms with E-state index in [0.29, 0.717) is 19.6 Å². The monoisotopic (exact) mass is 435 g/mol. The van der Waals surface area contributed by atoms with Gasteiger partial charge in [-0.25, -0.2) is 4.98 Å². The molecule has 0 N–H and O–H groups in total. The lowest BCUT2D eigenvalue weighted by Gasteiger charge is -2.34. The highest BCUT2D eigenvalue weighted by molar-refractivity contribution is 6.31. The number of rotatable bonds is 5. The zero-order valence-electron chi connectivity index (χ0n) is 17.8. The maximum atomic E-state index is 12.7. The van der Waals surface area contributed by atoms with Crippen LogP contribution >= 0.6 is 11.6 Å². The van der Waals surface area contributed by atoms with Gasteiger partial charge in [0.2, 0.25) is 5.91 Å². The predicted octanol–water partition coefficient (Wildman–Crippen LogP) is 3.96. The fourth-order valence-corrected chi connectivity index (χ4v) is 4.05. The second-order valence-electron chi connectivity index (χ2n) is 7.67. The van der Waals surface area contributed by atoms with Crippen molar-refractivity contribution in [3.8, 4) is 0 Å². The Balaban J connectivity index is 1.40. The highest BCUT2D eigenvalue weighted by atomic mass is 35.5. The first-order valence-corrected chi connectivity index (χ1v) is 10.8. The van der Waals surface area contributed by atoms with E-state index in [4.69, 9.17) is 11.6 Å². The minimum Gasteiger partial charge on any atom is -0.353 e. The molecular formula is C24H26ClN5O. The number of nitrogens with zero attached hydrogens (tertiary/aromatic N) is 5. The lowest BCUT2D eigenvalue weighted by atomic mass is 10.1. The molecule has 0 atom stereocenters. The number of piperazine rings is 1. The normalized spacial score (nSPS) is 14.4. The molecule has 0 radical (unpaired) electrons. The molecule has 3 aromatic rings. The number of benzene rings is 1. The molecule has 0 spiro atoms. The molecule has 1 fully saturated rings. The number of amides is 1. The van der Waals surface area contributed by atoms with E-state index in [0.717, 1.165) is 46.4 Å². The standard InChI is InChI=1S/C24H26ClN5O/c1-18-21(19(2)30(27-18)17-20-7-3-4-8-22(20)25)10-11-24(31)29-15-13-28(14-16-29)23-9-5-6-12-26-23/h3-12H,13-17H2,1-2H3/b11-10+. The molecule has 3 heterocycles. The largest absolute Gasteiger partial charge is 0.353 e. The minimum absolute atomic E-state index is 0.0262. The van der Waals surface area contributed by atoms with Gasteiger partial charge in [-0.05, 0) is 43.7 Å². The number of carbonyl (C=O) groups excluding carboxylic acids is 1. The van der Waals surface area contributed by atoms with Gasteiger partial charge < -0.3 is 9.80 Å². The van der Waals surface area contributed by atoms with Crippen LogP contribution in [0.25, 0.3) is 6.08 Å². The summed E-state index contributed by atoms with van der Waals surface area (Å²) in [7, 11) is 0. The molecule has 2 aromatic heterocycles. The summed E-state index contributed by atoms with van der Waals surface area (Å²) in [6.45, 7) is 7.52. The average Bonchev–Trinajstić information content (AvgIpc) is 3.06. The van der Waals surface area contributed by atoms with E-state index in [1.54, 1.807) is 12.3 Å². The van der Waals surface area contributed by atoms with E-state index in [2.05, 4.69) is 15.0 Å². The number of hydrogen-bond donors (Lipinski definition) is 0. The Hall–Kier alpha value is -3.12. The summed E-state index contributed by atoms with van der Waals surface area (Å²) in [6, 6.07) is 13.7. The van der Waals surface area contributed by atoms with Crippen LogP contribution in [0.1, 0.15) is 22.5 Å². The van der Waals surface area contributed by atoms with E-state index in [-0.39, 0.29) is 5.91 Å². The molecule has 1 aliphatic rings. The highest BCUT2D eigenvalue weighted by Crippen LogP contribution is 2.20. The summed E-state index contributed by atoms with van der Waals surface area (Å²) in [5.74, 6) is 0.987. The van der Waals surface area contributed by atoms with Gasteiger partial charge in [-0.15, -0.1) is 0 Å². The molecule has 1 amide bonds. The van der Waals surface area contributed by atoms with Crippen LogP contribution in [-0.4, -0.2) is 51.8 Å². The molecule has 7 heteroatoms. The minimum atomic E-state index is 0.0262. The Morgan fingerprint density at radius 1 is 1.06 bits per heavy atom. The molecular weight excluding hydrogens is 410 g/mol. The third kappa shape index (κ3) is 4.80. The van der Waals surface area contributed by atoms with Crippen molar-refractivity contribution in [2.24, 2.45) is 0 Å². The number of hydrogen-bond acceptors (Lipinski definition) is 4. The zero-order chi connectivity index (χ0) is 21.8. The predicted molar refractivity (Wildman–Crippen MR) is 124 cm³/mol. The second-order valence-corrected chi connectivity index (χ2v) is 8.07. The van der Waals surface area contributed by atoms with Crippen LogP contribution in [0.4, 0.5) is 5.82 Å². The smallest absolute Gasteiger partial charge is 0.246 e. The Kier molecular flexibility index (Phi) is 6.37. The van der Waals surface area contributed by atoms with Crippen molar-refractivity contribution >= 4 is 29.4 Å². The van der Waals surface area contributed by atoms with Crippen molar-refractivity contribution in [3.05, 3.63) is 82.3 Å². The Morgan fingerprint density at radius 3 is 2.52 bits per heavy atom. The van der Waals surface area contributed by atoms with Crippen LogP contribution in [-0.2, 0) is 11.3 Å². The Bertz CT molecular complexity index is 1080. The third-order valence-electron chi connectivity index (χ3n) is 5.67. The first-order chi connectivity index (χ1) is 15.0. The lowest BCUT2D eigenvalue weighted by molar-refractivity contribution is -0.126. The van der Waals surface area contributed by atoms with E-state index in [1.807, 2.05) is 72.0 Å². The van der Waals surface area contributed by atoms with Gasteiger partial charge in [0.05, 0.1) is 12.2 Å². The maximum absolute atomic E-state index is 12.7. The fourth-order valence-electron chi connectivity index (χ4n) is 3.85. The van der Waals surface area contributed by atoms with Crippen molar-refractivity contribution in [2.45, 2.75) is 20.4 Å². The quantitative estimate of drug-likeness (QED) is 0.569. The first kappa shape index (κ1) is 21.1. The van der Waals surface area contributed by atoms with Crippen LogP contribution in [0, 0.1) is 13.8 Å². The van der Waals surface area contributed by atoms with Gasteiger partial charge in [0.25, 0.3) is 0 Å². The summed E-state index contributed by atoms with van der Waals surface area (Å²) in [5.41, 5.74) is 3.91. The molecule has 0 unspecified atom stereocenters. The summed E-state index contributed by atoms with van der Waals surface area (Å²) in [5, 5.41) is 5.38. The van der Waals surface area contributed by atoms with E-state index in [1.165, 1.54) is 0 Å². The third-order valence-corrected chi connectivity index (χ3v) is 6.04. The number of aryl methyl sites for hydroxylation is 1. The second kappa shape index (κ2) is 9.35. The van der Waals surface area contributed by atoms with Gasteiger partial charge >= 0.3 is 0 Å². The molecule has 1 aromatic carbocycles. The molecule has 6 nitrogen and oxygen atoms in total. The highest BCUT2D eigenvalue weighted by Gasteiger charge is 2.20. The van der Waals surface area contributed by atoms with Gasteiger partial charge in [-0.3, -0.25) is 9.48 Å². The van der Waals surface area contributed by atoms with Crippen molar-refractivity contribution in [3.63, 3.8) is 0 Å². The average molecular weight is 436 g/mol. The fraction of sp³-hybridized carbons (Fsp3) is 0.292. The number of anilines is 1. The van der Waals surface area contributed by atoms with Gasteiger partial charge in [-0.1, -0.05) is 35.9 Å². The topological polar surface area (TPSA) is 54.3 Å². The molecule has 0 saturated carbocycles. The van der Waals surface area contributed by atoms with Crippen LogP contribution in [0.15, 0.2) is 54.7 Å². The summed E-state index contributed by atoms with van der Waals surface area (Å²) in [6.07, 6.45) is 5.34. The first-order valence-electron chi connectivity index (χ1n) is 10.4. The van der Waals surface area contributed by atoms with E-state index >= 15 is 0 Å². The van der Waals surface area contributed by atoms with Gasteiger partial charge in [0.1, 0.15) is 5.82 Å².